The number of hydrogen-bond acceptors (Lipinski definition) is 5. The lowest BCUT2D eigenvalue weighted by molar-refractivity contribution is 0.180. The maximum atomic E-state index is 6.06. The van der Waals surface area contributed by atoms with Crippen molar-refractivity contribution in [1.29, 1.82) is 0 Å². The Kier molecular flexibility index (Phi) is 5.02. The number of aliphatic imine (C=N–C) groups is 1. The lowest BCUT2D eigenvalue weighted by atomic mass is 10.1. The number of rotatable bonds is 4. The zero-order chi connectivity index (χ0) is 22.9. The zero-order valence-electron chi connectivity index (χ0n) is 18.3. The Balaban J connectivity index is 1.34. The first-order valence-corrected chi connectivity index (χ1v) is 11.2. The van der Waals surface area contributed by atoms with Crippen LogP contribution in [0.15, 0.2) is 114 Å². The van der Waals surface area contributed by atoms with Crippen molar-refractivity contribution in [1.82, 2.24) is 4.98 Å². The molecule has 1 unspecified atom stereocenters. The van der Waals surface area contributed by atoms with Crippen LogP contribution in [0.5, 0.6) is 0 Å². The van der Waals surface area contributed by atoms with Crippen molar-refractivity contribution in [3.63, 3.8) is 0 Å². The molecule has 0 fully saturated rings. The Morgan fingerprint density at radius 2 is 1.29 bits per heavy atom. The van der Waals surface area contributed by atoms with E-state index in [0.717, 1.165) is 50.0 Å². The summed E-state index contributed by atoms with van der Waals surface area (Å²) in [5.41, 5.74) is 12.8. The molecule has 5 heteroatoms. The van der Waals surface area contributed by atoms with Crippen molar-refractivity contribution in [2.45, 2.75) is 6.35 Å². The summed E-state index contributed by atoms with van der Waals surface area (Å²) in [7, 11) is 0. The molecule has 1 atom stereocenters. The molecule has 6 rings (SSSR count). The van der Waals surface area contributed by atoms with Crippen LogP contribution in [-0.2, 0) is 4.74 Å². The Hall–Kier alpha value is -4.48. The molecule has 0 radical (unpaired) electrons. The highest BCUT2D eigenvalue weighted by Crippen LogP contribution is 2.33. The summed E-state index contributed by atoms with van der Waals surface area (Å²) >= 11 is 0. The minimum atomic E-state index is -0.734. The number of ether oxygens (including phenoxy) is 1. The smallest absolute Gasteiger partial charge is 0.245 e. The van der Waals surface area contributed by atoms with Crippen LogP contribution < -0.4 is 11.1 Å². The van der Waals surface area contributed by atoms with E-state index in [0.29, 0.717) is 5.76 Å². The number of benzene rings is 4. The number of aromatic nitrogens is 1. The predicted molar refractivity (Wildman–Crippen MR) is 139 cm³/mol. The fraction of sp³-hybridized carbons (Fsp3) is 0.0345. The van der Waals surface area contributed by atoms with Gasteiger partial charge in [0.1, 0.15) is 5.76 Å². The van der Waals surface area contributed by atoms with E-state index in [-0.39, 0.29) is 0 Å². The number of para-hydroxylation sites is 2. The van der Waals surface area contributed by atoms with Crippen LogP contribution in [0.1, 0.15) is 11.1 Å². The van der Waals surface area contributed by atoms with Gasteiger partial charge in [0, 0.05) is 33.7 Å². The van der Waals surface area contributed by atoms with Crippen LogP contribution >= 0.6 is 0 Å². The number of nitrogens with zero attached hydrogens (tertiary/aromatic N) is 2. The maximum absolute atomic E-state index is 6.06. The third-order valence-electron chi connectivity index (χ3n) is 5.88. The molecule has 0 spiro atoms. The van der Waals surface area contributed by atoms with Gasteiger partial charge < -0.3 is 10.1 Å². The summed E-state index contributed by atoms with van der Waals surface area (Å²) < 4.78 is 5.82. The van der Waals surface area contributed by atoms with Crippen LogP contribution in [0.25, 0.3) is 27.6 Å². The molecule has 1 aromatic heterocycles. The van der Waals surface area contributed by atoms with E-state index in [1.165, 1.54) is 0 Å². The van der Waals surface area contributed by atoms with Gasteiger partial charge in [0.25, 0.3) is 0 Å². The van der Waals surface area contributed by atoms with Crippen LogP contribution in [0.4, 0.5) is 11.4 Å². The Morgan fingerprint density at radius 3 is 1.97 bits per heavy atom. The van der Waals surface area contributed by atoms with Gasteiger partial charge in [0.2, 0.25) is 6.35 Å². The number of nitrogens with two attached hydrogens (primary N) is 1. The molecule has 5 aromatic rings. The molecule has 0 bridgehead atoms. The van der Waals surface area contributed by atoms with Crippen LogP contribution in [-0.4, -0.2) is 17.0 Å². The van der Waals surface area contributed by atoms with E-state index in [4.69, 9.17) is 15.5 Å². The third kappa shape index (κ3) is 3.78. The van der Waals surface area contributed by atoms with Gasteiger partial charge in [-0.1, -0.05) is 66.7 Å². The quantitative estimate of drug-likeness (QED) is 0.324. The van der Waals surface area contributed by atoms with Crippen molar-refractivity contribution in [2.24, 2.45) is 10.7 Å². The summed E-state index contributed by atoms with van der Waals surface area (Å²) in [6, 6.07) is 34.5. The predicted octanol–water partition coefficient (Wildman–Crippen LogP) is 6.23. The van der Waals surface area contributed by atoms with Gasteiger partial charge >= 0.3 is 0 Å². The van der Waals surface area contributed by atoms with Crippen molar-refractivity contribution in [2.75, 3.05) is 5.32 Å². The average molecular weight is 443 g/mol. The summed E-state index contributed by atoms with van der Waals surface area (Å²) in [5.74, 6) is 0.702. The Bertz CT molecular complexity index is 1500. The molecular formula is C29H22N4O. The van der Waals surface area contributed by atoms with Gasteiger partial charge in [0.15, 0.2) is 0 Å². The lowest BCUT2D eigenvalue weighted by Gasteiger charge is -2.20. The normalized spacial score (nSPS) is 15.5. The van der Waals surface area contributed by atoms with Crippen molar-refractivity contribution in [3.8, 4) is 0 Å². The maximum Gasteiger partial charge on any atom is 0.245 e. The molecular weight excluding hydrogens is 420 g/mol. The monoisotopic (exact) mass is 442 g/mol. The van der Waals surface area contributed by atoms with Gasteiger partial charge in [0.05, 0.1) is 22.4 Å². The third-order valence-corrected chi connectivity index (χ3v) is 5.88. The Morgan fingerprint density at radius 1 is 0.676 bits per heavy atom. The molecule has 164 valence electrons. The second-order valence-electron chi connectivity index (χ2n) is 8.12. The highest BCUT2D eigenvalue weighted by Gasteiger charge is 2.17. The topological polar surface area (TPSA) is 72.5 Å². The SMILES string of the molecule is NC1N=C(c2ccccc2)C=C(c2ccc(Nc3c4ccccc4nc4ccccc34)cc2)O1. The number of nitrogens with one attached hydrogen (secondary N) is 1. The Labute approximate surface area is 197 Å². The molecule has 2 heterocycles. The molecule has 4 aromatic carbocycles. The van der Waals surface area contributed by atoms with Gasteiger partial charge in [-0.3, -0.25) is 5.73 Å². The first-order chi connectivity index (χ1) is 16.7. The number of fused-ring (bicyclic) bond motifs is 2. The van der Waals surface area contributed by atoms with Gasteiger partial charge in [-0.25, -0.2) is 9.98 Å². The second-order valence-corrected chi connectivity index (χ2v) is 8.12. The van der Waals surface area contributed by atoms with Crippen LogP contribution in [0.2, 0.25) is 0 Å². The standard InChI is InChI=1S/C29H22N4O/c30-29-33-26(19-8-2-1-3-9-19)18-27(34-29)20-14-16-21(17-15-20)31-28-22-10-4-6-12-24(22)32-25-13-7-5-11-23(25)28/h1-18,29H,30H2,(H,31,32). The largest absolute Gasteiger partial charge is 0.455 e. The molecule has 0 saturated heterocycles. The highest BCUT2D eigenvalue weighted by molar-refractivity contribution is 6.12. The van der Waals surface area contributed by atoms with E-state index in [1.807, 2.05) is 97.1 Å². The lowest BCUT2D eigenvalue weighted by Crippen LogP contribution is -2.26. The number of pyridine rings is 1. The summed E-state index contributed by atoms with van der Waals surface area (Å²) in [4.78, 5) is 9.24. The van der Waals surface area contributed by atoms with E-state index in [9.17, 15) is 0 Å². The van der Waals surface area contributed by atoms with Gasteiger partial charge in [-0.15, -0.1) is 0 Å². The zero-order valence-corrected chi connectivity index (χ0v) is 18.3. The van der Waals surface area contributed by atoms with E-state index in [2.05, 4.69) is 22.4 Å². The first-order valence-electron chi connectivity index (χ1n) is 11.2. The van der Waals surface area contributed by atoms with Crippen molar-refractivity contribution < 1.29 is 4.74 Å². The van der Waals surface area contributed by atoms with E-state index >= 15 is 0 Å². The first kappa shape index (κ1) is 20.1. The summed E-state index contributed by atoms with van der Waals surface area (Å²) in [6.07, 6.45) is 1.20. The number of hydrogen-bond donors (Lipinski definition) is 2. The minimum Gasteiger partial charge on any atom is -0.455 e. The van der Waals surface area contributed by atoms with Crippen LogP contribution in [0, 0.1) is 0 Å². The molecule has 0 aliphatic carbocycles. The molecule has 1 aliphatic rings. The van der Waals surface area contributed by atoms with Crippen molar-refractivity contribution >= 4 is 44.7 Å². The fourth-order valence-electron chi connectivity index (χ4n) is 4.24. The molecule has 0 saturated carbocycles. The van der Waals surface area contributed by atoms with Crippen molar-refractivity contribution in [3.05, 3.63) is 120 Å². The molecule has 0 amide bonds. The van der Waals surface area contributed by atoms with Gasteiger partial charge in [-0.2, -0.15) is 0 Å². The molecule has 5 nitrogen and oxygen atoms in total. The average Bonchev–Trinajstić information content (AvgIpc) is 2.89. The highest BCUT2D eigenvalue weighted by atomic mass is 16.5. The van der Waals surface area contributed by atoms with Gasteiger partial charge in [-0.05, 0) is 36.4 Å². The fourth-order valence-corrected chi connectivity index (χ4v) is 4.24. The van der Waals surface area contributed by atoms with E-state index in [1.54, 1.807) is 0 Å². The minimum absolute atomic E-state index is 0.702. The van der Waals surface area contributed by atoms with E-state index < -0.39 is 6.35 Å². The second kappa shape index (κ2) is 8.46. The number of anilines is 2. The van der Waals surface area contributed by atoms with Crippen LogP contribution in [0.3, 0.4) is 0 Å². The summed E-state index contributed by atoms with van der Waals surface area (Å²) in [5, 5.41) is 5.78. The molecule has 3 N–H and O–H groups in total. The molecule has 34 heavy (non-hydrogen) atoms. The number of allylic oxidation sites excluding steroid dienone is 1. The molecule has 1 aliphatic heterocycles. The summed E-state index contributed by atoms with van der Waals surface area (Å²) in [6.45, 7) is 0.